The fourth-order valence-corrected chi connectivity index (χ4v) is 0.621. The molecule has 0 fully saturated rings. The van der Waals surface area contributed by atoms with Gasteiger partial charge in [-0.3, -0.25) is 9.11 Å². The Kier molecular flexibility index (Phi) is 18.0. The third-order valence-corrected chi connectivity index (χ3v) is 1.13. The second-order valence-electron chi connectivity index (χ2n) is 2.52. The van der Waals surface area contributed by atoms with Crippen LogP contribution in [-0.4, -0.2) is 30.7 Å². The highest BCUT2D eigenvalue weighted by Crippen LogP contribution is 1.93. The van der Waals surface area contributed by atoms with Gasteiger partial charge in [0.15, 0.2) is 0 Å². The van der Waals surface area contributed by atoms with Crippen LogP contribution in [0.1, 0.15) is 26.2 Å². The molecule has 0 rings (SSSR count). The van der Waals surface area contributed by atoms with Gasteiger partial charge < -0.3 is 10.9 Å². The first kappa shape index (κ1) is 20.0. The van der Waals surface area contributed by atoms with Crippen molar-refractivity contribution in [3.63, 3.8) is 0 Å². The minimum absolute atomic E-state index is 0. The second kappa shape index (κ2) is 13.5. The molecule has 94 valence electrons. The molecule has 0 bridgehead atoms. The molecular formula is C8H21NO5S. The van der Waals surface area contributed by atoms with E-state index in [-0.39, 0.29) is 6.15 Å². The summed E-state index contributed by atoms with van der Waals surface area (Å²) in [5, 5.41) is 0. The molecule has 0 radical (unpaired) electrons. The third-order valence-electron chi connectivity index (χ3n) is 1.13. The van der Waals surface area contributed by atoms with Crippen LogP contribution in [0.3, 0.4) is 0 Å². The number of ether oxygens (including phenoxy) is 1. The first-order valence-electron chi connectivity index (χ1n) is 4.30. The van der Waals surface area contributed by atoms with Crippen LogP contribution >= 0.6 is 0 Å². The summed E-state index contributed by atoms with van der Waals surface area (Å²) < 4.78 is 36.8. The minimum atomic E-state index is -4.67. The Labute approximate surface area is 91.5 Å². The molecule has 15 heavy (non-hydrogen) atoms. The lowest BCUT2D eigenvalue weighted by Crippen LogP contribution is -1.92. The van der Waals surface area contributed by atoms with Gasteiger partial charge in [0.2, 0.25) is 0 Å². The summed E-state index contributed by atoms with van der Waals surface area (Å²) in [6, 6.07) is 0. The molecule has 0 aliphatic rings. The molecule has 0 amide bonds. The lowest BCUT2D eigenvalue weighted by atomic mass is 10.3. The smallest absolute Gasteiger partial charge is 0.377 e. The largest absolute Gasteiger partial charge is 0.394 e. The number of rotatable bonds is 6. The lowest BCUT2D eigenvalue weighted by Gasteiger charge is -1.97. The summed E-state index contributed by atoms with van der Waals surface area (Å²) in [6.45, 7) is 7.33. The molecule has 0 aliphatic carbocycles. The fourth-order valence-electron chi connectivity index (χ4n) is 0.621. The number of hydrogen-bond donors (Lipinski definition) is 3. The molecule has 0 aliphatic heterocycles. The van der Waals surface area contributed by atoms with Crippen molar-refractivity contribution in [2.45, 2.75) is 26.2 Å². The van der Waals surface area contributed by atoms with Gasteiger partial charge in [0.1, 0.15) is 0 Å². The zero-order valence-corrected chi connectivity index (χ0v) is 9.87. The van der Waals surface area contributed by atoms with E-state index in [1.807, 2.05) is 0 Å². The molecule has 0 unspecified atom stereocenters. The Balaban J connectivity index is -0.000000208. The molecule has 0 heterocycles. The van der Waals surface area contributed by atoms with Crippen LogP contribution < -0.4 is 6.15 Å². The Hall–Kier alpha value is -0.470. The monoisotopic (exact) mass is 243 g/mol. The molecular weight excluding hydrogens is 222 g/mol. The Morgan fingerprint density at radius 3 is 2.13 bits per heavy atom. The zero-order chi connectivity index (χ0) is 11.4. The highest BCUT2D eigenvalue weighted by atomic mass is 32.3. The van der Waals surface area contributed by atoms with E-state index in [2.05, 4.69) is 13.5 Å². The van der Waals surface area contributed by atoms with Crippen LogP contribution in [0.25, 0.3) is 0 Å². The molecule has 0 atom stereocenters. The van der Waals surface area contributed by atoms with Gasteiger partial charge in [-0.25, -0.2) is 0 Å². The normalized spacial score (nSPS) is 9.53. The van der Waals surface area contributed by atoms with Crippen molar-refractivity contribution in [3.8, 4) is 0 Å². The molecule has 0 aromatic carbocycles. The van der Waals surface area contributed by atoms with Gasteiger partial charge in [-0.15, -0.1) is 6.58 Å². The van der Waals surface area contributed by atoms with Crippen molar-refractivity contribution in [1.29, 1.82) is 0 Å². The highest BCUT2D eigenvalue weighted by molar-refractivity contribution is 7.79. The van der Waals surface area contributed by atoms with Gasteiger partial charge >= 0.3 is 10.4 Å². The SMILES string of the molecule is C=CCOCCCCC.N.O=S(=O)(O)O. The maximum atomic E-state index is 8.74. The molecule has 0 spiro atoms. The fraction of sp³-hybridized carbons (Fsp3) is 0.750. The van der Waals surface area contributed by atoms with E-state index >= 15 is 0 Å². The number of hydrogen-bond acceptors (Lipinski definition) is 4. The zero-order valence-electron chi connectivity index (χ0n) is 9.05. The van der Waals surface area contributed by atoms with Crippen LogP contribution in [0.2, 0.25) is 0 Å². The maximum absolute atomic E-state index is 8.74. The van der Waals surface area contributed by atoms with Gasteiger partial charge in [-0.05, 0) is 6.42 Å². The van der Waals surface area contributed by atoms with Crippen LogP contribution in [0.4, 0.5) is 0 Å². The molecule has 0 aromatic heterocycles. The summed E-state index contributed by atoms with van der Waals surface area (Å²) in [5.41, 5.74) is 0. The Bertz CT molecular complexity index is 207. The molecule has 5 N–H and O–H groups in total. The minimum Gasteiger partial charge on any atom is -0.377 e. The Morgan fingerprint density at radius 2 is 1.80 bits per heavy atom. The average Bonchev–Trinajstić information content (AvgIpc) is 2.01. The van der Waals surface area contributed by atoms with Crippen LogP contribution in [0, 0.1) is 0 Å². The molecule has 0 saturated carbocycles. The third kappa shape index (κ3) is 58.8. The van der Waals surface area contributed by atoms with Crippen LogP contribution in [0.15, 0.2) is 12.7 Å². The van der Waals surface area contributed by atoms with Gasteiger partial charge in [0.05, 0.1) is 6.61 Å². The van der Waals surface area contributed by atoms with Crippen molar-refractivity contribution < 1.29 is 22.3 Å². The Morgan fingerprint density at radius 1 is 1.33 bits per heavy atom. The van der Waals surface area contributed by atoms with E-state index in [9.17, 15) is 0 Å². The summed E-state index contributed by atoms with van der Waals surface area (Å²) in [7, 11) is -4.67. The van der Waals surface area contributed by atoms with Crippen LogP contribution in [0.5, 0.6) is 0 Å². The predicted octanol–water partition coefficient (Wildman–Crippen LogP) is 1.89. The van der Waals surface area contributed by atoms with Crippen molar-refractivity contribution in [2.24, 2.45) is 0 Å². The van der Waals surface area contributed by atoms with Gasteiger partial charge in [0, 0.05) is 6.61 Å². The molecule has 6 nitrogen and oxygen atoms in total. The van der Waals surface area contributed by atoms with E-state index in [0.717, 1.165) is 6.61 Å². The van der Waals surface area contributed by atoms with Gasteiger partial charge in [-0.1, -0.05) is 25.8 Å². The lowest BCUT2D eigenvalue weighted by molar-refractivity contribution is 0.158. The van der Waals surface area contributed by atoms with Crippen molar-refractivity contribution in [3.05, 3.63) is 12.7 Å². The predicted molar refractivity (Wildman–Crippen MR) is 59.7 cm³/mol. The quantitative estimate of drug-likeness (QED) is 0.372. The molecule has 0 saturated heterocycles. The standard InChI is InChI=1S/C8H16O.H3N.H2O4S/c1-3-5-6-8-9-7-4-2;;1-5(2,3)4/h4H,2-3,5-8H2,1H3;1H3;(H2,1,2,3,4). The first-order chi connectivity index (χ1) is 6.41. The van der Waals surface area contributed by atoms with Crippen molar-refractivity contribution in [1.82, 2.24) is 6.15 Å². The van der Waals surface area contributed by atoms with E-state index in [4.69, 9.17) is 22.3 Å². The van der Waals surface area contributed by atoms with E-state index < -0.39 is 10.4 Å². The van der Waals surface area contributed by atoms with E-state index in [1.165, 1.54) is 19.3 Å². The average molecular weight is 243 g/mol. The van der Waals surface area contributed by atoms with Gasteiger partial charge in [0.25, 0.3) is 0 Å². The maximum Gasteiger partial charge on any atom is 0.394 e. The molecule has 7 heteroatoms. The topological polar surface area (TPSA) is 119 Å². The van der Waals surface area contributed by atoms with E-state index in [1.54, 1.807) is 6.08 Å². The summed E-state index contributed by atoms with van der Waals surface area (Å²) >= 11 is 0. The summed E-state index contributed by atoms with van der Waals surface area (Å²) in [5.74, 6) is 0. The molecule has 0 aromatic rings. The number of unbranched alkanes of at least 4 members (excludes halogenated alkanes) is 2. The summed E-state index contributed by atoms with van der Waals surface area (Å²) in [6.07, 6.45) is 5.50. The first-order valence-corrected chi connectivity index (χ1v) is 5.70. The van der Waals surface area contributed by atoms with Crippen molar-refractivity contribution >= 4 is 10.4 Å². The summed E-state index contributed by atoms with van der Waals surface area (Å²) in [4.78, 5) is 0. The second-order valence-corrected chi connectivity index (χ2v) is 3.41. The highest BCUT2D eigenvalue weighted by Gasteiger charge is 1.84. The van der Waals surface area contributed by atoms with Crippen molar-refractivity contribution in [2.75, 3.05) is 13.2 Å². The van der Waals surface area contributed by atoms with E-state index in [0.29, 0.717) is 6.61 Å². The van der Waals surface area contributed by atoms with Crippen LogP contribution in [-0.2, 0) is 15.1 Å². The van der Waals surface area contributed by atoms with Gasteiger partial charge in [-0.2, -0.15) is 8.42 Å².